The number of ether oxygens (including phenoxy) is 2. The summed E-state index contributed by atoms with van der Waals surface area (Å²) in [4.78, 5) is 13.7. The molecule has 172 valence electrons. The van der Waals surface area contributed by atoms with Crippen molar-refractivity contribution in [3.05, 3.63) is 69.7 Å². The van der Waals surface area contributed by atoms with Gasteiger partial charge in [-0.05, 0) is 46.4 Å². The molecule has 1 heterocycles. The lowest BCUT2D eigenvalue weighted by atomic mass is 9.67. The molecule has 3 aromatic rings. The van der Waals surface area contributed by atoms with E-state index in [-0.39, 0.29) is 23.8 Å². The number of fused-ring (bicyclic) bond motifs is 4. The van der Waals surface area contributed by atoms with Crippen LogP contribution in [0.25, 0.3) is 16.3 Å². The molecule has 0 radical (unpaired) electrons. The summed E-state index contributed by atoms with van der Waals surface area (Å²) >= 11 is 3.60. The summed E-state index contributed by atoms with van der Waals surface area (Å²) in [6.45, 7) is 4.44. The van der Waals surface area contributed by atoms with Gasteiger partial charge in [0.2, 0.25) is 0 Å². The molecule has 2 aliphatic rings. The molecule has 5 rings (SSSR count). The minimum atomic E-state index is -0.383. The number of Topliss-reactive ketones (excluding diaryl/α,β-unsaturated/α-hetero) is 1. The van der Waals surface area contributed by atoms with Crippen LogP contribution in [0.5, 0.6) is 11.5 Å². The van der Waals surface area contributed by atoms with Crippen molar-refractivity contribution in [1.82, 2.24) is 0 Å². The van der Waals surface area contributed by atoms with E-state index in [1.807, 2.05) is 18.2 Å². The average Bonchev–Trinajstić information content (AvgIpc) is 2.81. The highest BCUT2D eigenvalue weighted by atomic mass is 79.9. The van der Waals surface area contributed by atoms with Crippen molar-refractivity contribution in [2.45, 2.75) is 32.7 Å². The maximum atomic E-state index is 13.7. The number of carbonyl (C=O) groups excluding carboxylic acids is 1. The van der Waals surface area contributed by atoms with E-state index in [1.165, 1.54) is 0 Å². The van der Waals surface area contributed by atoms with Crippen molar-refractivity contribution in [3.63, 3.8) is 0 Å². The second-order valence-electron chi connectivity index (χ2n) is 9.64. The van der Waals surface area contributed by atoms with Crippen molar-refractivity contribution in [2.75, 3.05) is 19.0 Å². The molecule has 0 fully saturated rings. The van der Waals surface area contributed by atoms with Gasteiger partial charge in [0, 0.05) is 33.3 Å². The summed E-state index contributed by atoms with van der Waals surface area (Å²) in [7, 11) is 1.60. The summed E-state index contributed by atoms with van der Waals surface area (Å²) in [6.07, 6.45) is 6.81. The number of benzene rings is 3. The third kappa shape index (κ3) is 3.76. The maximum absolute atomic E-state index is 13.7. The first-order valence-corrected chi connectivity index (χ1v) is 12.1. The van der Waals surface area contributed by atoms with Gasteiger partial charge in [-0.3, -0.25) is 4.79 Å². The standard InChI is InChI=1S/C29H26BrNO3/c1-5-12-34-28-20(13-18(30)14-24(28)33-4)27-26-21(15-29(2,3)16-23(26)32)25-19-9-7-6-8-17(19)10-11-22(25)31-27/h1,6-11,13-14,27,31H,12,15-16H2,2-4H3/t27-/m0/s1. The summed E-state index contributed by atoms with van der Waals surface area (Å²) in [5, 5.41) is 5.98. The molecule has 0 spiro atoms. The van der Waals surface area contributed by atoms with Crippen molar-refractivity contribution in [3.8, 4) is 23.8 Å². The van der Waals surface area contributed by atoms with Crippen LogP contribution in [0.3, 0.4) is 0 Å². The molecular formula is C29H26BrNO3. The Balaban J connectivity index is 1.80. The van der Waals surface area contributed by atoms with Crippen LogP contribution in [0.2, 0.25) is 0 Å². The lowest BCUT2D eigenvalue weighted by Gasteiger charge is -2.40. The topological polar surface area (TPSA) is 47.6 Å². The van der Waals surface area contributed by atoms with E-state index >= 15 is 0 Å². The van der Waals surface area contributed by atoms with Gasteiger partial charge >= 0.3 is 0 Å². The zero-order valence-corrected chi connectivity index (χ0v) is 21.1. The van der Waals surface area contributed by atoms with Crippen LogP contribution in [0, 0.1) is 17.8 Å². The first-order valence-electron chi connectivity index (χ1n) is 11.3. The number of rotatable bonds is 4. The number of hydrogen-bond donors (Lipinski definition) is 1. The van der Waals surface area contributed by atoms with Gasteiger partial charge in [0.05, 0.1) is 13.2 Å². The van der Waals surface area contributed by atoms with Gasteiger partial charge in [0.15, 0.2) is 17.3 Å². The first-order chi connectivity index (χ1) is 16.3. The molecule has 0 unspecified atom stereocenters. The van der Waals surface area contributed by atoms with Gasteiger partial charge in [-0.15, -0.1) is 6.42 Å². The number of anilines is 1. The number of nitrogens with one attached hydrogen (secondary N) is 1. The van der Waals surface area contributed by atoms with Gasteiger partial charge in [-0.25, -0.2) is 0 Å². The molecule has 0 aromatic heterocycles. The zero-order valence-electron chi connectivity index (χ0n) is 19.5. The largest absolute Gasteiger partial charge is 0.493 e. The fraction of sp³-hybridized carbons (Fsp3) is 0.276. The Bertz CT molecular complexity index is 1400. The van der Waals surface area contributed by atoms with E-state index in [0.717, 1.165) is 49.6 Å². The number of allylic oxidation sites excluding steroid dienone is 1. The van der Waals surface area contributed by atoms with Crippen molar-refractivity contribution in [1.29, 1.82) is 0 Å². The van der Waals surface area contributed by atoms with Crippen molar-refractivity contribution in [2.24, 2.45) is 5.41 Å². The molecule has 3 aromatic carbocycles. The lowest BCUT2D eigenvalue weighted by Crippen LogP contribution is -2.33. The highest BCUT2D eigenvalue weighted by molar-refractivity contribution is 9.10. The third-order valence-corrected chi connectivity index (χ3v) is 7.08. The normalized spacial score (nSPS) is 18.6. The minimum absolute atomic E-state index is 0.103. The molecule has 34 heavy (non-hydrogen) atoms. The third-order valence-electron chi connectivity index (χ3n) is 6.62. The van der Waals surface area contributed by atoms with Crippen LogP contribution < -0.4 is 14.8 Å². The Labute approximate surface area is 208 Å². The number of ketones is 1. The molecule has 1 atom stereocenters. The fourth-order valence-corrected chi connectivity index (χ4v) is 5.75. The van der Waals surface area contributed by atoms with Crippen LogP contribution in [-0.2, 0) is 4.79 Å². The Kier molecular flexibility index (Phi) is 5.65. The molecule has 0 saturated heterocycles. The quantitative estimate of drug-likeness (QED) is 0.382. The predicted octanol–water partition coefficient (Wildman–Crippen LogP) is 6.93. The Morgan fingerprint density at radius 2 is 1.97 bits per heavy atom. The molecule has 5 heteroatoms. The summed E-state index contributed by atoms with van der Waals surface area (Å²) in [5.41, 5.74) is 4.74. The highest BCUT2D eigenvalue weighted by Gasteiger charge is 2.42. The number of hydrogen-bond acceptors (Lipinski definition) is 4. The number of terminal acetylenes is 1. The monoisotopic (exact) mass is 515 g/mol. The molecular weight excluding hydrogens is 490 g/mol. The van der Waals surface area contributed by atoms with Crippen LogP contribution in [0.1, 0.15) is 43.9 Å². The van der Waals surface area contributed by atoms with Crippen LogP contribution in [0.4, 0.5) is 5.69 Å². The highest BCUT2D eigenvalue weighted by Crippen LogP contribution is 2.54. The smallest absolute Gasteiger partial charge is 0.168 e. The number of carbonyl (C=O) groups is 1. The fourth-order valence-electron chi connectivity index (χ4n) is 5.29. The summed E-state index contributed by atoms with van der Waals surface area (Å²) in [5.74, 6) is 3.81. The lowest BCUT2D eigenvalue weighted by molar-refractivity contribution is -0.118. The zero-order chi connectivity index (χ0) is 24.0. The van der Waals surface area contributed by atoms with Crippen LogP contribution in [0.15, 0.2) is 58.6 Å². The van der Waals surface area contributed by atoms with Gasteiger partial charge < -0.3 is 14.8 Å². The Morgan fingerprint density at radius 1 is 1.18 bits per heavy atom. The van der Waals surface area contributed by atoms with E-state index in [0.29, 0.717) is 17.9 Å². The molecule has 0 bridgehead atoms. The van der Waals surface area contributed by atoms with E-state index < -0.39 is 0 Å². The van der Waals surface area contributed by atoms with E-state index in [4.69, 9.17) is 15.9 Å². The molecule has 1 aliphatic heterocycles. The van der Waals surface area contributed by atoms with Crippen LogP contribution in [-0.4, -0.2) is 19.5 Å². The van der Waals surface area contributed by atoms with E-state index in [1.54, 1.807) is 7.11 Å². The maximum Gasteiger partial charge on any atom is 0.168 e. The summed E-state index contributed by atoms with van der Waals surface area (Å²) in [6, 6.07) is 16.0. The Morgan fingerprint density at radius 3 is 2.74 bits per heavy atom. The number of halogens is 1. The Hall–Kier alpha value is -3.23. The van der Waals surface area contributed by atoms with Crippen LogP contribution >= 0.6 is 15.9 Å². The van der Waals surface area contributed by atoms with Gasteiger partial charge in [0.1, 0.15) is 6.61 Å². The molecule has 1 aliphatic carbocycles. The van der Waals surface area contributed by atoms with Crippen molar-refractivity contribution >= 4 is 43.7 Å². The molecule has 1 N–H and O–H groups in total. The van der Waals surface area contributed by atoms with E-state index in [9.17, 15) is 4.79 Å². The van der Waals surface area contributed by atoms with Gasteiger partial charge in [-0.2, -0.15) is 0 Å². The predicted molar refractivity (Wildman–Crippen MR) is 140 cm³/mol. The minimum Gasteiger partial charge on any atom is -0.493 e. The summed E-state index contributed by atoms with van der Waals surface area (Å²) < 4.78 is 12.4. The average molecular weight is 516 g/mol. The molecule has 4 nitrogen and oxygen atoms in total. The molecule has 0 amide bonds. The van der Waals surface area contributed by atoms with Gasteiger partial charge in [0.25, 0.3) is 0 Å². The SMILES string of the molecule is C#CCOc1c(OC)cc(Br)cc1[C@@H]1Nc2ccc3ccccc3c2C2=C1C(=O)CC(C)(C)C2. The van der Waals surface area contributed by atoms with Crippen molar-refractivity contribution < 1.29 is 14.3 Å². The van der Waals surface area contributed by atoms with Gasteiger partial charge in [-0.1, -0.05) is 66.0 Å². The van der Waals surface area contributed by atoms with E-state index in [2.05, 4.69) is 71.3 Å². The second kappa shape index (κ2) is 8.52. The molecule has 0 saturated carbocycles. The first kappa shape index (κ1) is 22.6. The number of methoxy groups -OCH3 is 1. The second-order valence-corrected chi connectivity index (χ2v) is 10.6.